The molecule has 0 N–H and O–H groups in total. The first kappa shape index (κ1) is 19.3. The van der Waals surface area contributed by atoms with Gasteiger partial charge in [-0.1, -0.05) is 60.7 Å². The Kier molecular flexibility index (Phi) is 4.92. The molecule has 1 fully saturated rings. The Labute approximate surface area is 180 Å². The molecule has 31 heavy (non-hydrogen) atoms. The molecule has 2 aliphatic heterocycles. The molecule has 0 spiro atoms. The predicted octanol–water partition coefficient (Wildman–Crippen LogP) is 4.50. The van der Waals surface area contributed by atoms with E-state index in [1.54, 1.807) is 24.3 Å². The molecule has 2 aromatic carbocycles. The molecule has 3 aromatic rings. The molecule has 1 saturated heterocycles. The van der Waals surface area contributed by atoms with Crippen molar-refractivity contribution in [1.29, 1.82) is 0 Å². The van der Waals surface area contributed by atoms with Gasteiger partial charge in [0.05, 0.1) is 36.6 Å². The maximum absolute atomic E-state index is 13.3. The van der Waals surface area contributed by atoms with Crippen LogP contribution in [0.2, 0.25) is 0 Å². The van der Waals surface area contributed by atoms with Crippen LogP contribution < -0.4 is 0 Å². The van der Waals surface area contributed by atoms with Gasteiger partial charge in [0, 0.05) is 5.56 Å². The van der Waals surface area contributed by atoms with Gasteiger partial charge in [0.15, 0.2) is 0 Å². The molecular formula is C25H22N2O4. The number of nitrogens with zero attached hydrogens (tertiary/aromatic N) is 2. The van der Waals surface area contributed by atoms with Crippen LogP contribution in [-0.4, -0.2) is 28.5 Å². The zero-order valence-electron chi connectivity index (χ0n) is 17.1. The largest absolute Gasteiger partial charge is 0.467 e. The van der Waals surface area contributed by atoms with Crippen molar-refractivity contribution in [3.8, 4) is 0 Å². The average Bonchev–Trinajstić information content (AvgIpc) is 3.51. The van der Waals surface area contributed by atoms with Crippen LogP contribution in [0.15, 0.2) is 89.0 Å². The number of carbonyl (C=O) groups is 2. The lowest BCUT2D eigenvalue weighted by atomic mass is 9.96. The highest BCUT2D eigenvalue weighted by molar-refractivity contribution is 6.04. The summed E-state index contributed by atoms with van der Waals surface area (Å²) in [6.07, 6.45) is 1.89. The predicted molar refractivity (Wildman–Crippen MR) is 114 cm³/mol. The van der Waals surface area contributed by atoms with Gasteiger partial charge >= 0.3 is 5.97 Å². The lowest BCUT2D eigenvalue weighted by molar-refractivity contribution is -0.140. The lowest BCUT2D eigenvalue weighted by Gasteiger charge is -2.31. The van der Waals surface area contributed by atoms with E-state index < -0.39 is 12.0 Å². The number of furan rings is 1. The van der Waals surface area contributed by atoms with Crippen molar-refractivity contribution in [2.75, 3.05) is 6.61 Å². The summed E-state index contributed by atoms with van der Waals surface area (Å²) in [7, 11) is 0. The molecule has 0 aliphatic carbocycles. The van der Waals surface area contributed by atoms with Gasteiger partial charge in [-0.3, -0.25) is 4.79 Å². The highest BCUT2D eigenvalue weighted by atomic mass is 16.5. The number of rotatable bonds is 5. The maximum atomic E-state index is 13.3. The van der Waals surface area contributed by atoms with Gasteiger partial charge in [0.25, 0.3) is 0 Å². The Morgan fingerprint density at radius 3 is 2.39 bits per heavy atom. The number of carbonyl (C=O) groups excluding carboxylic acids is 2. The summed E-state index contributed by atoms with van der Waals surface area (Å²) >= 11 is 0. The molecule has 156 valence electrons. The molecule has 6 heteroatoms. The summed E-state index contributed by atoms with van der Waals surface area (Å²) in [5.41, 5.74) is 2.76. The van der Waals surface area contributed by atoms with Crippen molar-refractivity contribution < 1.29 is 18.7 Å². The van der Waals surface area contributed by atoms with Crippen molar-refractivity contribution in [2.45, 2.75) is 25.4 Å². The third kappa shape index (κ3) is 3.16. The van der Waals surface area contributed by atoms with Crippen LogP contribution in [0.25, 0.3) is 5.70 Å². The molecule has 0 unspecified atom stereocenters. The van der Waals surface area contributed by atoms with E-state index in [1.807, 2.05) is 71.7 Å². The number of hydrogen-bond donors (Lipinski definition) is 0. The molecule has 5 rings (SSSR count). The number of esters is 1. The second-order valence-electron chi connectivity index (χ2n) is 7.48. The second kappa shape index (κ2) is 7.89. The quantitative estimate of drug-likeness (QED) is 0.575. The van der Waals surface area contributed by atoms with E-state index in [4.69, 9.17) is 9.15 Å². The van der Waals surface area contributed by atoms with E-state index in [-0.39, 0.29) is 18.6 Å². The number of amides is 1. The van der Waals surface area contributed by atoms with Crippen LogP contribution in [0.4, 0.5) is 0 Å². The van der Waals surface area contributed by atoms with Crippen LogP contribution in [0.1, 0.15) is 42.3 Å². The van der Waals surface area contributed by atoms with Crippen molar-refractivity contribution in [2.24, 2.45) is 0 Å². The van der Waals surface area contributed by atoms with Crippen LogP contribution in [-0.2, 0) is 14.3 Å². The Morgan fingerprint density at radius 1 is 1.03 bits per heavy atom. The normalized spacial score (nSPS) is 20.9. The monoisotopic (exact) mass is 414 g/mol. The number of ether oxygens (including phenoxy) is 1. The zero-order chi connectivity index (χ0) is 21.4. The van der Waals surface area contributed by atoms with Gasteiger partial charge in [-0.2, -0.15) is 5.01 Å². The molecule has 2 aliphatic rings. The van der Waals surface area contributed by atoms with Gasteiger partial charge in [0.2, 0.25) is 5.91 Å². The fourth-order valence-corrected chi connectivity index (χ4v) is 4.48. The first-order chi connectivity index (χ1) is 15.2. The summed E-state index contributed by atoms with van der Waals surface area (Å²) in [4.78, 5) is 26.6. The average molecular weight is 414 g/mol. The molecule has 0 bridgehead atoms. The Hall–Kier alpha value is -3.64. The van der Waals surface area contributed by atoms with Crippen LogP contribution >= 0.6 is 0 Å². The third-order valence-electron chi connectivity index (χ3n) is 5.70. The van der Waals surface area contributed by atoms with E-state index in [2.05, 4.69) is 0 Å². The Morgan fingerprint density at radius 2 is 1.74 bits per heavy atom. The standard InChI is InChI=1S/C25H22N2O4/c1-2-30-25(29)22-23(18-12-7-4-8-13-18)27-21(28)16-19(17-10-5-3-6-11-17)26(27)24(22)20-14-9-15-31-20/h3-15,19,24H,2,16H2,1H3/t19-,24-/m1/s1. The molecule has 3 heterocycles. The summed E-state index contributed by atoms with van der Waals surface area (Å²) in [6.45, 7) is 2.02. The molecule has 0 saturated carbocycles. The van der Waals surface area contributed by atoms with Crippen LogP contribution in [0.5, 0.6) is 0 Å². The summed E-state index contributed by atoms with van der Waals surface area (Å²) in [5.74, 6) is 0.0786. The summed E-state index contributed by atoms with van der Waals surface area (Å²) in [6, 6.07) is 22.2. The van der Waals surface area contributed by atoms with Crippen molar-refractivity contribution >= 4 is 17.6 Å². The van der Waals surface area contributed by atoms with Gasteiger partial charge in [-0.05, 0) is 24.6 Å². The maximum Gasteiger partial charge on any atom is 0.338 e. The summed E-state index contributed by atoms with van der Waals surface area (Å²) < 4.78 is 11.2. The van der Waals surface area contributed by atoms with Crippen molar-refractivity contribution in [3.63, 3.8) is 0 Å². The van der Waals surface area contributed by atoms with Crippen molar-refractivity contribution in [3.05, 3.63) is 102 Å². The van der Waals surface area contributed by atoms with E-state index in [0.29, 0.717) is 23.5 Å². The van der Waals surface area contributed by atoms with Crippen molar-refractivity contribution in [1.82, 2.24) is 10.0 Å². The molecule has 6 nitrogen and oxygen atoms in total. The molecular weight excluding hydrogens is 392 g/mol. The molecule has 1 amide bonds. The highest BCUT2D eigenvalue weighted by Gasteiger charge is 2.54. The molecule has 1 aromatic heterocycles. The van der Waals surface area contributed by atoms with Gasteiger partial charge in [0.1, 0.15) is 11.8 Å². The summed E-state index contributed by atoms with van der Waals surface area (Å²) in [5, 5.41) is 3.61. The third-order valence-corrected chi connectivity index (χ3v) is 5.70. The first-order valence-electron chi connectivity index (χ1n) is 10.4. The molecule has 2 atom stereocenters. The van der Waals surface area contributed by atoms with Gasteiger partial charge < -0.3 is 9.15 Å². The smallest absolute Gasteiger partial charge is 0.338 e. The minimum atomic E-state index is -0.569. The topological polar surface area (TPSA) is 63.0 Å². The number of benzene rings is 2. The highest BCUT2D eigenvalue weighted by Crippen LogP contribution is 2.53. The van der Waals surface area contributed by atoms with Crippen LogP contribution in [0.3, 0.4) is 0 Å². The SMILES string of the molecule is CCOC(=O)C1=C(c2ccccc2)N2C(=O)C[C@H](c3ccccc3)N2[C@@H]1c1ccco1. The number of fused-ring (bicyclic) bond motifs is 1. The van der Waals surface area contributed by atoms with Gasteiger partial charge in [-0.25, -0.2) is 9.80 Å². The minimum absolute atomic E-state index is 0.0661. The Bertz CT molecular complexity index is 1120. The lowest BCUT2D eigenvalue weighted by Crippen LogP contribution is -2.36. The first-order valence-corrected chi connectivity index (χ1v) is 10.4. The Balaban J connectivity index is 1.74. The zero-order valence-corrected chi connectivity index (χ0v) is 17.1. The fourth-order valence-electron chi connectivity index (χ4n) is 4.48. The van der Waals surface area contributed by atoms with E-state index in [0.717, 1.165) is 11.1 Å². The van der Waals surface area contributed by atoms with E-state index >= 15 is 0 Å². The molecule has 0 radical (unpaired) electrons. The van der Waals surface area contributed by atoms with E-state index in [1.165, 1.54) is 0 Å². The van der Waals surface area contributed by atoms with Gasteiger partial charge in [-0.15, -0.1) is 0 Å². The van der Waals surface area contributed by atoms with Crippen LogP contribution in [0, 0.1) is 0 Å². The second-order valence-corrected chi connectivity index (χ2v) is 7.48. The number of hydrazine groups is 1. The van der Waals surface area contributed by atoms with E-state index in [9.17, 15) is 9.59 Å². The number of hydrogen-bond acceptors (Lipinski definition) is 5. The minimum Gasteiger partial charge on any atom is -0.467 e. The fraction of sp³-hybridized carbons (Fsp3) is 0.200.